The van der Waals surface area contributed by atoms with Crippen LogP contribution in [-0.4, -0.2) is 35.9 Å². The zero-order valence-electron chi connectivity index (χ0n) is 19.1. The Morgan fingerprint density at radius 3 is 2.35 bits per heavy atom. The molecule has 0 heterocycles. The van der Waals surface area contributed by atoms with Crippen LogP contribution in [0.3, 0.4) is 0 Å². The van der Waals surface area contributed by atoms with E-state index in [2.05, 4.69) is 26.1 Å². The predicted octanol–water partition coefficient (Wildman–Crippen LogP) is 4.96. The van der Waals surface area contributed by atoms with Crippen LogP contribution in [0.15, 0.2) is 48.5 Å². The van der Waals surface area contributed by atoms with Crippen molar-refractivity contribution < 1.29 is 14.3 Å². The summed E-state index contributed by atoms with van der Waals surface area (Å²) in [6, 6.07) is 14.4. The Bertz CT molecular complexity index is 875. The lowest BCUT2D eigenvalue weighted by molar-refractivity contribution is -0.142. The van der Waals surface area contributed by atoms with Crippen molar-refractivity contribution in [3.63, 3.8) is 0 Å². The number of nitrogens with zero attached hydrogens (tertiary/aromatic N) is 1. The quantitative estimate of drug-likeness (QED) is 0.594. The van der Waals surface area contributed by atoms with Crippen LogP contribution < -0.4 is 10.1 Å². The maximum Gasteiger partial charge on any atom is 0.261 e. The van der Waals surface area contributed by atoms with Gasteiger partial charge in [-0.05, 0) is 48.1 Å². The van der Waals surface area contributed by atoms with Gasteiger partial charge in [0.1, 0.15) is 11.8 Å². The van der Waals surface area contributed by atoms with Gasteiger partial charge in [-0.1, -0.05) is 69.6 Å². The van der Waals surface area contributed by atoms with E-state index in [0.29, 0.717) is 23.9 Å². The Balaban J connectivity index is 2.19. The second-order valence-electron chi connectivity index (χ2n) is 8.65. The second kappa shape index (κ2) is 11.2. The zero-order chi connectivity index (χ0) is 23.0. The molecule has 0 radical (unpaired) electrons. The molecule has 0 aromatic heterocycles. The van der Waals surface area contributed by atoms with E-state index in [1.165, 1.54) is 0 Å². The third-order valence-corrected chi connectivity index (χ3v) is 5.28. The second-order valence-corrected chi connectivity index (χ2v) is 9.09. The highest BCUT2D eigenvalue weighted by molar-refractivity contribution is 6.30. The molecule has 0 saturated heterocycles. The van der Waals surface area contributed by atoms with Crippen molar-refractivity contribution in [3.8, 4) is 5.75 Å². The molecule has 1 N–H and O–H groups in total. The summed E-state index contributed by atoms with van der Waals surface area (Å²) >= 11 is 5.99. The highest BCUT2D eigenvalue weighted by Crippen LogP contribution is 2.31. The molecule has 1 atom stereocenters. The van der Waals surface area contributed by atoms with Crippen LogP contribution in [0.5, 0.6) is 5.75 Å². The maximum atomic E-state index is 13.2. The molecule has 2 aromatic rings. The maximum absolute atomic E-state index is 13.2. The molecule has 5 nitrogen and oxygen atoms in total. The van der Waals surface area contributed by atoms with Crippen LogP contribution in [0.25, 0.3) is 0 Å². The number of halogens is 1. The SMILES string of the molecule is CCCNC(=O)[C@H](C)N(Cc1ccc(Cl)cc1)C(=O)COc1ccccc1C(C)(C)C. The van der Waals surface area contributed by atoms with Crippen LogP contribution in [0, 0.1) is 0 Å². The van der Waals surface area contributed by atoms with Crippen molar-refractivity contribution in [3.05, 3.63) is 64.7 Å². The molecule has 0 spiro atoms. The minimum Gasteiger partial charge on any atom is -0.483 e. The molecule has 0 unspecified atom stereocenters. The molecule has 0 saturated carbocycles. The molecule has 0 bridgehead atoms. The van der Waals surface area contributed by atoms with Gasteiger partial charge in [0.2, 0.25) is 5.91 Å². The topological polar surface area (TPSA) is 58.6 Å². The summed E-state index contributed by atoms with van der Waals surface area (Å²) in [5.74, 6) is 0.245. The van der Waals surface area contributed by atoms with Gasteiger partial charge in [0.25, 0.3) is 5.91 Å². The Morgan fingerprint density at radius 2 is 1.74 bits per heavy atom. The molecule has 0 aliphatic rings. The fourth-order valence-electron chi connectivity index (χ4n) is 3.20. The molecule has 168 valence electrons. The molecule has 0 aliphatic carbocycles. The number of amides is 2. The van der Waals surface area contributed by atoms with Crippen molar-refractivity contribution in [1.82, 2.24) is 10.2 Å². The van der Waals surface area contributed by atoms with Crippen LogP contribution >= 0.6 is 11.6 Å². The standard InChI is InChI=1S/C25H33ClN2O3/c1-6-15-27-24(30)18(2)28(16-19-11-13-20(26)14-12-19)23(29)17-31-22-10-8-7-9-21(22)25(3,4)5/h7-14,18H,6,15-17H2,1-5H3,(H,27,30)/t18-/m0/s1. The molecular weight excluding hydrogens is 412 g/mol. The number of carbonyl (C=O) groups is 2. The van der Waals surface area contributed by atoms with Gasteiger partial charge in [-0.15, -0.1) is 0 Å². The molecule has 2 amide bonds. The van der Waals surface area contributed by atoms with Gasteiger partial charge in [-0.2, -0.15) is 0 Å². The van der Waals surface area contributed by atoms with Crippen molar-refractivity contribution in [1.29, 1.82) is 0 Å². The average Bonchev–Trinajstić information content (AvgIpc) is 2.74. The van der Waals surface area contributed by atoms with Crippen molar-refractivity contribution in [2.75, 3.05) is 13.2 Å². The Kier molecular flexibility index (Phi) is 8.93. The summed E-state index contributed by atoms with van der Waals surface area (Å²) in [6.07, 6.45) is 0.830. The van der Waals surface area contributed by atoms with E-state index in [1.54, 1.807) is 24.0 Å². The molecule has 0 fully saturated rings. The van der Waals surface area contributed by atoms with Crippen molar-refractivity contribution in [2.45, 2.75) is 59.0 Å². The number of hydrogen-bond donors (Lipinski definition) is 1. The van der Waals surface area contributed by atoms with Gasteiger partial charge in [-0.25, -0.2) is 0 Å². The molecular formula is C25H33ClN2O3. The number of benzene rings is 2. The fourth-order valence-corrected chi connectivity index (χ4v) is 3.33. The average molecular weight is 445 g/mol. The van der Waals surface area contributed by atoms with E-state index >= 15 is 0 Å². The van der Waals surface area contributed by atoms with Crippen LogP contribution in [-0.2, 0) is 21.5 Å². The lowest BCUT2D eigenvalue weighted by Gasteiger charge is -2.29. The predicted molar refractivity (Wildman–Crippen MR) is 125 cm³/mol. The van der Waals surface area contributed by atoms with E-state index in [0.717, 1.165) is 17.5 Å². The van der Waals surface area contributed by atoms with E-state index in [1.807, 2.05) is 43.3 Å². The minimum atomic E-state index is -0.629. The summed E-state index contributed by atoms with van der Waals surface area (Å²) in [5.41, 5.74) is 1.81. The molecule has 6 heteroatoms. The smallest absolute Gasteiger partial charge is 0.261 e. The summed E-state index contributed by atoms with van der Waals surface area (Å²) in [7, 11) is 0. The number of carbonyl (C=O) groups excluding carboxylic acids is 2. The van der Waals surface area contributed by atoms with E-state index in [9.17, 15) is 9.59 Å². The Hall–Kier alpha value is -2.53. The highest BCUT2D eigenvalue weighted by atomic mass is 35.5. The van der Waals surface area contributed by atoms with Crippen molar-refractivity contribution >= 4 is 23.4 Å². The van der Waals surface area contributed by atoms with Gasteiger partial charge < -0.3 is 15.0 Å². The Morgan fingerprint density at radius 1 is 1.10 bits per heavy atom. The number of ether oxygens (including phenoxy) is 1. The monoisotopic (exact) mass is 444 g/mol. The van der Waals surface area contributed by atoms with Gasteiger partial charge in [-0.3, -0.25) is 9.59 Å². The van der Waals surface area contributed by atoms with Gasteiger partial charge >= 0.3 is 0 Å². The number of para-hydroxylation sites is 1. The minimum absolute atomic E-state index is 0.115. The summed E-state index contributed by atoms with van der Waals surface area (Å²) in [4.78, 5) is 27.3. The normalized spacial score (nSPS) is 12.2. The van der Waals surface area contributed by atoms with Crippen LogP contribution in [0.2, 0.25) is 5.02 Å². The first-order valence-electron chi connectivity index (χ1n) is 10.7. The van der Waals surface area contributed by atoms with Gasteiger partial charge in [0.05, 0.1) is 0 Å². The van der Waals surface area contributed by atoms with Crippen LogP contribution in [0.4, 0.5) is 0 Å². The highest BCUT2D eigenvalue weighted by Gasteiger charge is 2.27. The number of hydrogen-bond acceptors (Lipinski definition) is 3. The first-order valence-corrected chi connectivity index (χ1v) is 11.0. The lowest BCUT2D eigenvalue weighted by atomic mass is 9.86. The molecule has 31 heavy (non-hydrogen) atoms. The van der Waals surface area contributed by atoms with Crippen molar-refractivity contribution in [2.24, 2.45) is 0 Å². The fraction of sp³-hybridized carbons (Fsp3) is 0.440. The third kappa shape index (κ3) is 7.28. The zero-order valence-corrected chi connectivity index (χ0v) is 19.8. The first-order chi connectivity index (χ1) is 14.6. The van der Waals surface area contributed by atoms with E-state index in [-0.39, 0.29) is 23.8 Å². The molecule has 0 aliphatic heterocycles. The van der Waals surface area contributed by atoms with Gasteiger partial charge in [0, 0.05) is 18.1 Å². The number of nitrogens with one attached hydrogen (secondary N) is 1. The van der Waals surface area contributed by atoms with E-state index in [4.69, 9.17) is 16.3 Å². The first kappa shape index (κ1) is 24.7. The van der Waals surface area contributed by atoms with Crippen LogP contribution in [0.1, 0.15) is 52.2 Å². The molecule has 2 rings (SSSR count). The molecule has 2 aromatic carbocycles. The summed E-state index contributed by atoms with van der Waals surface area (Å²) in [5, 5.41) is 3.49. The third-order valence-electron chi connectivity index (χ3n) is 5.03. The summed E-state index contributed by atoms with van der Waals surface area (Å²) in [6.45, 7) is 10.7. The lowest BCUT2D eigenvalue weighted by Crippen LogP contribution is -2.49. The Labute approximate surface area is 190 Å². The van der Waals surface area contributed by atoms with Gasteiger partial charge in [0.15, 0.2) is 6.61 Å². The summed E-state index contributed by atoms with van der Waals surface area (Å²) < 4.78 is 5.93. The largest absolute Gasteiger partial charge is 0.483 e. The van der Waals surface area contributed by atoms with E-state index < -0.39 is 6.04 Å². The number of rotatable bonds is 9.